The van der Waals surface area contributed by atoms with Gasteiger partial charge in [-0.3, -0.25) is 9.59 Å². The molecule has 0 saturated heterocycles. The number of carbonyl (C=O) groups excluding carboxylic acids is 2. The monoisotopic (exact) mass is 404 g/mol. The van der Waals surface area contributed by atoms with E-state index in [1.54, 1.807) is 12.1 Å². The predicted octanol–water partition coefficient (Wildman–Crippen LogP) is 3.96. The van der Waals surface area contributed by atoms with Gasteiger partial charge in [0.25, 0.3) is 0 Å². The Morgan fingerprint density at radius 2 is 1.75 bits per heavy atom. The van der Waals surface area contributed by atoms with Crippen LogP contribution in [0.2, 0.25) is 5.02 Å². The number of hydrogen-bond donors (Lipinski definition) is 2. The lowest BCUT2D eigenvalue weighted by Gasteiger charge is -2.11. The molecule has 0 spiro atoms. The highest BCUT2D eigenvalue weighted by Gasteiger charge is 2.09. The van der Waals surface area contributed by atoms with Crippen LogP contribution in [0.4, 0.5) is 5.69 Å². The summed E-state index contributed by atoms with van der Waals surface area (Å²) in [6.07, 6.45) is 0.785. The number of rotatable bonds is 10. The summed E-state index contributed by atoms with van der Waals surface area (Å²) in [6, 6.07) is 12.7. The fourth-order valence-electron chi connectivity index (χ4n) is 2.44. The number of carbonyl (C=O) groups is 2. The van der Waals surface area contributed by atoms with E-state index in [0.717, 1.165) is 5.56 Å². The first-order valence-corrected chi connectivity index (χ1v) is 9.54. The van der Waals surface area contributed by atoms with Crippen molar-refractivity contribution in [2.24, 2.45) is 0 Å². The van der Waals surface area contributed by atoms with Gasteiger partial charge in [-0.25, -0.2) is 0 Å². The quantitative estimate of drug-likeness (QED) is 0.587. The minimum absolute atomic E-state index is 0.114. The van der Waals surface area contributed by atoms with E-state index in [-0.39, 0.29) is 24.8 Å². The molecule has 0 saturated carbocycles. The highest BCUT2D eigenvalue weighted by Crippen LogP contribution is 2.26. The maximum absolute atomic E-state index is 11.9. The molecule has 0 unspecified atom stereocenters. The third-order valence-corrected chi connectivity index (χ3v) is 4.11. The molecule has 0 atom stereocenters. The summed E-state index contributed by atoms with van der Waals surface area (Å²) in [5, 5.41) is 5.73. The van der Waals surface area contributed by atoms with Gasteiger partial charge in [-0.1, -0.05) is 29.8 Å². The van der Waals surface area contributed by atoms with Gasteiger partial charge in [0.1, 0.15) is 0 Å². The molecule has 6 nitrogen and oxygen atoms in total. The number of hydrogen-bond acceptors (Lipinski definition) is 4. The van der Waals surface area contributed by atoms with Gasteiger partial charge < -0.3 is 20.1 Å². The van der Waals surface area contributed by atoms with Crippen molar-refractivity contribution >= 4 is 29.1 Å². The van der Waals surface area contributed by atoms with Gasteiger partial charge in [-0.15, -0.1) is 0 Å². The van der Waals surface area contributed by atoms with Gasteiger partial charge in [-0.2, -0.15) is 0 Å². The smallest absolute Gasteiger partial charge is 0.243 e. The largest absolute Gasteiger partial charge is 0.490 e. The van der Waals surface area contributed by atoms with Crippen LogP contribution < -0.4 is 20.1 Å². The van der Waals surface area contributed by atoms with E-state index in [1.165, 1.54) is 0 Å². The molecule has 0 aromatic heterocycles. The molecule has 2 rings (SSSR count). The second-order valence-corrected chi connectivity index (χ2v) is 6.55. The fourth-order valence-corrected chi connectivity index (χ4v) is 2.72. The lowest BCUT2D eigenvalue weighted by molar-refractivity contribution is -0.124. The van der Waals surface area contributed by atoms with Crippen molar-refractivity contribution in [3.8, 4) is 11.5 Å². The van der Waals surface area contributed by atoms with Crippen molar-refractivity contribution in [3.05, 3.63) is 53.1 Å². The summed E-state index contributed by atoms with van der Waals surface area (Å²) in [5.41, 5.74) is 1.52. The third-order valence-electron chi connectivity index (χ3n) is 3.80. The maximum atomic E-state index is 11.9. The first-order chi connectivity index (χ1) is 13.5. The maximum Gasteiger partial charge on any atom is 0.243 e. The van der Waals surface area contributed by atoms with Gasteiger partial charge in [0.2, 0.25) is 11.8 Å². The molecule has 2 amide bonds. The summed E-state index contributed by atoms with van der Waals surface area (Å²) in [7, 11) is 0. The van der Waals surface area contributed by atoms with E-state index in [2.05, 4.69) is 10.6 Å². The lowest BCUT2D eigenvalue weighted by atomic mass is 10.2. The van der Waals surface area contributed by atoms with Crippen LogP contribution in [0.3, 0.4) is 0 Å². The zero-order chi connectivity index (χ0) is 20.4. The summed E-state index contributed by atoms with van der Waals surface area (Å²) in [6.45, 7) is 4.64. The standard InChI is InChI=1S/C21H25ClN2O4/c1-3-27-18-7-4-5-8-19(18)28-12-6-9-20(25)23-14-21(26)24-17-11-10-15(2)13-16(17)22/h4-5,7-8,10-11,13H,3,6,9,12,14H2,1-2H3,(H,23,25)(H,24,26). The summed E-state index contributed by atoms with van der Waals surface area (Å²) in [5.74, 6) is 0.785. The fraction of sp³-hybridized carbons (Fsp3) is 0.333. The molecular weight excluding hydrogens is 380 g/mol. The Hall–Kier alpha value is -2.73. The molecular formula is C21H25ClN2O4. The van der Waals surface area contributed by atoms with Crippen LogP contribution in [0.5, 0.6) is 11.5 Å². The van der Waals surface area contributed by atoms with Crippen molar-refractivity contribution in [1.82, 2.24) is 5.32 Å². The van der Waals surface area contributed by atoms with Crippen LogP contribution in [0.25, 0.3) is 0 Å². The second-order valence-electron chi connectivity index (χ2n) is 6.14. The molecule has 2 aromatic carbocycles. The Bertz CT molecular complexity index is 811. The molecule has 150 valence electrons. The van der Waals surface area contributed by atoms with E-state index >= 15 is 0 Å². The zero-order valence-electron chi connectivity index (χ0n) is 16.1. The van der Waals surface area contributed by atoms with Gasteiger partial charge in [0.05, 0.1) is 30.5 Å². The number of para-hydroxylation sites is 2. The number of nitrogens with one attached hydrogen (secondary N) is 2. The molecule has 0 aliphatic rings. The Morgan fingerprint density at radius 1 is 1.04 bits per heavy atom. The highest BCUT2D eigenvalue weighted by molar-refractivity contribution is 6.33. The molecule has 0 aliphatic carbocycles. The van der Waals surface area contributed by atoms with E-state index in [1.807, 2.05) is 44.2 Å². The predicted molar refractivity (Wildman–Crippen MR) is 110 cm³/mol. The average molecular weight is 405 g/mol. The van der Waals surface area contributed by atoms with Crippen molar-refractivity contribution in [2.75, 3.05) is 25.1 Å². The van der Waals surface area contributed by atoms with E-state index < -0.39 is 0 Å². The van der Waals surface area contributed by atoms with E-state index in [4.69, 9.17) is 21.1 Å². The highest BCUT2D eigenvalue weighted by atomic mass is 35.5. The second kappa shape index (κ2) is 11.2. The van der Waals surface area contributed by atoms with Crippen molar-refractivity contribution in [2.45, 2.75) is 26.7 Å². The summed E-state index contributed by atoms with van der Waals surface area (Å²) >= 11 is 6.08. The van der Waals surface area contributed by atoms with Crippen LogP contribution in [0.1, 0.15) is 25.3 Å². The molecule has 28 heavy (non-hydrogen) atoms. The number of ether oxygens (including phenoxy) is 2. The van der Waals surface area contributed by atoms with Crippen molar-refractivity contribution in [3.63, 3.8) is 0 Å². The number of amides is 2. The molecule has 0 bridgehead atoms. The molecule has 0 fully saturated rings. The SMILES string of the molecule is CCOc1ccccc1OCCCC(=O)NCC(=O)Nc1ccc(C)cc1Cl. The van der Waals surface area contributed by atoms with Crippen molar-refractivity contribution in [1.29, 1.82) is 0 Å². The third kappa shape index (κ3) is 7.12. The first kappa shape index (κ1) is 21.6. The Labute approximate surface area is 170 Å². The molecule has 2 aromatic rings. The van der Waals surface area contributed by atoms with Gasteiger partial charge in [0, 0.05) is 6.42 Å². The minimum Gasteiger partial charge on any atom is -0.490 e. The van der Waals surface area contributed by atoms with Gasteiger partial charge >= 0.3 is 0 Å². The van der Waals surface area contributed by atoms with Crippen LogP contribution in [0, 0.1) is 6.92 Å². The number of benzene rings is 2. The number of aryl methyl sites for hydroxylation is 1. The van der Waals surface area contributed by atoms with E-state index in [9.17, 15) is 9.59 Å². The molecule has 0 heterocycles. The lowest BCUT2D eigenvalue weighted by Crippen LogP contribution is -2.32. The molecule has 0 aliphatic heterocycles. The first-order valence-electron chi connectivity index (χ1n) is 9.17. The summed E-state index contributed by atoms with van der Waals surface area (Å²) in [4.78, 5) is 23.8. The van der Waals surface area contributed by atoms with E-state index in [0.29, 0.717) is 41.8 Å². The van der Waals surface area contributed by atoms with Crippen LogP contribution >= 0.6 is 11.6 Å². The topological polar surface area (TPSA) is 76.7 Å². The molecule has 0 radical (unpaired) electrons. The van der Waals surface area contributed by atoms with Crippen LogP contribution in [-0.4, -0.2) is 31.6 Å². The van der Waals surface area contributed by atoms with Crippen molar-refractivity contribution < 1.29 is 19.1 Å². The Morgan fingerprint density at radius 3 is 2.43 bits per heavy atom. The Balaban J connectivity index is 1.66. The Kier molecular flexibility index (Phi) is 8.62. The molecule has 2 N–H and O–H groups in total. The minimum atomic E-state index is -0.332. The van der Waals surface area contributed by atoms with Gasteiger partial charge in [-0.05, 0) is 50.1 Å². The average Bonchev–Trinajstić information content (AvgIpc) is 2.67. The van der Waals surface area contributed by atoms with Crippen LogP contribution in [-0.2, 0) is 9.59 Å². The van der Waals surface area contributed by atoms with Gasteiger partial charge in [0.15, 0.2) is 11.5 Å². The zero-order valence-corrected chi connectivity index (χ0v) is 16.8. The van der Waals surface area contributed by atoms with Crippen LogP contribution in [0.15, 0.2) is 42.5 Å². The number of anilines is 1. The molecule has 7 heteroatoms. The number of halogens is 1. The summed E-state index contributed by atoms with van der Waals surface area (Å²) < 4.78 is 11.2. The normalized spacial score (nSPS) is 10.2.